The molecule has 0 aliphatic heterocycles. The average Bonchev–Trinajstić information content (AvgIpc) is 2.90. The first kappa shape index (κ1) is 14.8. The van der Waals surface area contributed by atoms with Gasteiger partial charge in [0, 0.05) is 12.2 Å². The second-order valence-corrected chi connectivity index (χ2v) is 4.63. The minimum atomic E-state index is -0.475. The van der Waals surface area contributed by atoms with Crippen molar-refractivity contribution in [1.29, 1.82) is 0 Å². The highest BCUT2D eigenvalue weighted by Crippen LogP contribution is 2.28. The summed E-state index contributed by atoms with van der Waals surface area (Å²) in [5, 5.41) is 0. The van der Waals surface area contributed by atoms with Crippen LogP contribution in [0.15, 0.2) is 10.5 Å². The lowest BCUT2D eigenvalue weighted by molar-refractivity contribution is 0.0480. The fourth-order valence-corrected chi connectivity index (χ4v) is 2.17. The summed E-state index contributed by atoms with van der Waals surface area (Å²) in [7, 11) is 0. The van der Waals surface area contributed by atoms with Gasteiger partial charge in [0.25, 0.3) is 0 Å². The number of hydrogen-bond donors (Lipinski definition) is 0. The van der Waals surface area contributed by atoms with E-state index in [1.807, 2.05) is 6.92 Å². The van der Waals surface area contributed by atoms with E-state index in [1.54, 1.807) is 6.92 Å². The van der Waals surface area contributed by atoms with Crippen LogP contribution in [0.2, 0.25) is 0 Å². The van der Waals surface area contributed by atoms with Crippen LogP contribution < -0.4 is 0 Å². The van der Waals surface area contributed by atoms with Gasteiger partial charge in [0.2, 0.25) is 11.7 Å². The van der Waals surface area contributed by atoms with Crippen LogP contribution in [-0.4, -0.2) is 24.2 Å². The van der Waals surface area contributed by atoms with Gasteiger partial charge in [-0.1, -0.05) is 6.08 Å². The van der Waals surface area contributed by atoms with Gasteiger partial charge in [-0.25, -0.2) is 9.78 Å². The zero-order chi connectivity index (χ0) is 14.4. The molecule has 0 N–H and O–H groups in total. The average molecular weight is 279 g/mol. The summed E-state index contributed by atoms with van der Waals surface area (Å²) >= 11 is 0. The third-order valence-corrected chi connectivity index (χ3v) is 3.17. The number of hydrogen-bond acceptors (Lipinski definition) is 5. The standard InChI is InChI=1S/C15H21NO4/c1-3-18-10-12-13(15(17)19-4-2)20-14(16-12)11-8-6-5-7-9-11/h8H,3-7,9-10H2,1-2H3. The largest absolute Gasteiger partial charge is 0.460 e. The van der Waals surface area contributed by atoms with E-state index in [9.17, 15) is 4.79 Å². The Hall–Kier alpha value is -1.62. The van der Waals surface area contributed by atoms with E-state index in [2.05, 4.69) is 11.1 Å². The smallest absolute Gasteiger partial charge is 0.376 e. The molecule has 5 nitrogen and oxygen atoms in total. The molecule has 0 atom stereocenters. The van der Waals surface area contributed by atoms with Crippen molar-refractivity contribution in [2.45, 2.75) is 46.1 Å². The summed E-state index contributed by atoms with van der Waals surface area (Å²) in [6.45, 7) is 4.80. The van der Waals surface area contributed by atoms with Gasteiger partial charge in [0.1, 0.15) is 5.69 Å². The molecule has 1 aliphatic carbocycles. The Balaban J connectivity index is 2.25. The number of rotatable bonds is 6. The van der Waals surface area contributed by atoms with Crippen molar-refractivity contribution in [2.24, 2.45) is 0 Å². The SMILES string of the molecule is CCOCc1nc(C2=CCCCC2)oc1C(=O)OCC. The highest BCUT2D eigenvalue weighted by Gasteiger charge is 2.23. The molecular weight excluding hydrogens is 258 g/mol. The molecule has 0 saturated carbocycles. The molecule has 1 heterocycles. The molecule has 0 unspecified atom stereocenters. The molecular formula is C15H21NO4. The molecule has 5 heteroatoms. The summed E-state index contributed by atoms with van der Waals surface area (Å²) in [6.07, 6.45) is 6.43. The summed E-state index contributed by atoms with van der Waals surface area (Å²) < 4.78 is 16.0. The molecule has 20 heavy (non-hydrogen) atoms. The molecule has 1 aromatic heterocycles. The van der Waals surface area contributed by atoms with Crippen molar-refractivity contribution < 1.29 is 18.7 Å². The molecule has 0 spiro atoms. The van der Waals surface area contributed by atoms with E-state index in [0.717, 1.165) is 24.8 Å². The fraction of sp³-hybridized carbons (Fsp3) is 0.600. The van der Waals surface area contributed by atoms with Crippen molar-refractivity contribution in [2.75, 3.05) is 13.2 Å². The molecule has 1 aromatic rings. The van der Waals surface area contributed by atoms with Gasteiger partial charge in [-0.3, -0.25) is 0 Å². The Labute approximate surface area is 119 Å². The molecule has 1 aliphatic rings. The van der Waals surface area contributed by atoms with Crippen molar-refractivity contribution in [3.05, 3.63) is 23.4 Å². The lowest BCUT2D eigenvalue weighted by Crippen LogP contribution is -2.07. The second-order valence-electron chi connectivity index (χ2n) is 4.63. The lowest BCUT2D eigenvalue weighted by Gasteiger charge is -2.08. The number of oxazole rings is 1. The van der Waals surface area contributed by atoms with Crippen LogP contribution >= 0.6 is 0 Å². The maximum atomic E-state index is 11.9. The van der Waals surface area contributed by atoms with E-state index in [1.165, 1.54) is 6.42 Å². The first-order valence-corrected chi connectivity index (χ1v) is 7.20. The van der Waals surface area contributed by atoms with Crippen LogP contribution in [0.25, 0.3) is 5.57 Å². The van der Waals surface area contributed by atoms with E-state index < -0.39 is 5.97 Å². The molecule has 0 radical (unpaired) electrons. The minimum Gasteiger partial charge on any atom is -0.460 e. The number of aromatic nitrogens is 1. The molecule has 0 amide bonds. The van der Waals surface area contributed by atoms with Gasteiger partial charge in [0.05, 0.1) is 13.2 Å². The van der Waals surface area contributed by atoms with Crippen molar-refractivity contribution in [3.63, 3.8) is 0 Å². The number of allylic oxidation sites excluding steroid dienone is 2. The predicted octanol–water partition coefficient (Wildman–Crippen LogP) is 3.35. The number of carbonyl (C=O) groups excluding carboxylic acids is 1. The van der Waals surface area contributed by atoms with Gasteiger partial charge in [-0.15, -0.1) is 0 Å². The number of nitrogens with zero attached hydrogens (tertiary/aromatic N) is 1. The van der Waals surface area contributed by atoms with Crippen molar-refractivity contribution >= 4 is 11.5 Å². The molecule has 0 bridgehead atoms. The fourth-order valence-electron chi connectivity index (χ4n) is 2.17. The van der Waals surface area contributed by atoms with Gasteiger partial charge in [0.15, 0.2) is 0 Å². The van der Waals surface area contributed by atoms with Crippen LogP contribution in [0.1, 0.15) is 61.7 Å². The summed E-state index contributed by atoms with van der Waals surface area (Å²) in [6, 6.07) is 0. The topological polar surface area (TPSA) is 61.6 Å². The monoisotopic (exact) mass is 279 g/mol. The van der Waals surface area contributed by atoms with E-state index in [-0.39, 0.29) is 12.4 Å². The van der Waals surface area contributed by atoms with Crippen LogP contribution in [0.5, 0.6) is 0 Å². The predicted molar refractivity (Wildman–Crippen MR) is 74.2 cm³/mol. The quantitative estimate of drug-likeness (QED) is 0.747. The number of ether oxygens (including phenoxy) is 2. The number of esters is 1. The van der Waals surface area contributed by atoms with Crippen LogP contribution in [0.3, 0.4) is 0 Å². The van der Waals surface area contributed by atoms with Crippen molar-refractivity contribution in [3.8, 4) is 0 Å². The highest BCUT2D eigenvalue weighted by atomic mass is 16.5. The Kier molecular flexibility index (Phi) is 5.35. The zero-order valence-electron chi connectivity index (χ0n) is 12.1. The first-order chi connectivity index (χ1) is 9.76. The Bertz CT molecular complexity index is 490. The molecule has 0 saturated heterocycles. The van der Waals surface area contributed by atoms with E-state index in [0.29, 0.717) is 24.8 Å². The molecule has 0 fully saturated rings. The summed E-state index contributed by atoms with van der Waals surface area (Å²) in [5.74, 6) is 0.224. The zero-order valence-corrected chi connectivity index (χ0v) is 12.1. The minimum absolute atomic E-state index is 0.168. The van der Waals surface area contributed by atoms with Gasteiger partial charge in [-0.05, 0) is 39.5 Å². The third kappa shape index (κ3) is 3.48. The second kappa shape index (κ2) is 7.24. The van der Waals surface area contributed by atoms with E-state index in [4.69, 9.17) is 13.9 Å². The molecule has 110 valence electrons. The summed E-state index contributed by atoms with van der Waals surface area (Å²) in [5.41, 5.74) is 1.59. The van der Waals surface area contributed by atoms with Gasteiger partial charge < -0.3 is 13.9 Å². The highest BCUT2D eigenvalue weighted by molar-refractivity contribution is 5.87. The van der Waals surface area contributed by atoms with Crippen LogP contribution in [0, 0.1) is 0 Å². The molecule has 0 aromatic carbocycles. The third-order valence-electron chi connectivity index (χ3n) is 3.17. The molecule has 2 rings (SSSR count). The summed E-state index contributed by atoms with van der Waals surface area (Å²) in [4.78, 5) is 16.3. The Morgan fingerprint density at radius 3 is 2.85 bits per heavy atom. The lowest BCUT2D eigenvalue weighted by atomic mass is 10.00. The maximum absolute atomic E-state index is 11.9. The van der Waals surface area contributed by atoms with Crippen LogP contribution in [0.4, 0.5) is 0 Å². The normalized spacial score (nSPS) is 15.0. The van der Waals surface area contributed by atoms with Crippen molar-refractivity contribution in [1.82, 2.24) is 4.98 Å². The van der Waals surface area contributed by atoms with Gasteiger partial charge in [-0.2, -0.15) is 0 Å². The van der Waals surface area contributed by atoms with Gasteiger partial charge >= 0.3 is 5.97 Å². The first-order valence-electron chi connectivity index (χ1n) is 7.20. The number of carbonyl (C=O) groups is 1. The van der Waals surface area contributed by atoms with E-state index >= 15 is 0 Å². The Morgan fingerprint density at radius 1 is 1.35 bits per heavy atom. The maximum Gasteiger partial charge on any atom is 0.376 e. The van der Waals surface area contributed by atoms with Crippen LogP contribution in [-0.2, 0) is 16.1 Å². The Morgan fingerprint density at radius 2 is 2.20 bits per heavy atom.